The lowest BCUT2D eigenvalue weighted by Crippen LogP contribution is -2.35. The number of sulfonamides is 1. The number of amides is 1. The minimum atomic E-state index is -3.90. The van der Waals surface area contributed by atoms with Crippen LogP contribution in [0.4, 0.5) is 0 Å². The summed E-state index contributed by atoms with van der Waals surface area (Å²) in [5.74, 6) is 0.740. The molecule has 0 atom stereocenters. The lowest BCUT2D eigenvalue weighted by molar-refractivity contribution is 0.0927. The third-order valence-electron chi connectivity index (χ3n) is 7.14. The summed E-state index contributed by atoms with van der Waals surface area (Å²) in [6.07, 6.45) is 3.37. The van der Waals surface area contributed by atoms with Crippen molar-refractivity contribution in [3.05, 3.63) is 120 Å². The minimum Gasteiger partial charge on any atom is -0.496 e. The van der Waals surface area contributed by atoms with Gasteiger partial charge in [-0.15, -0.1) is 0 Å². The molecule has 1 fully saturated rings. The Hall–Kier alpha value is -4.21. The molecule has 4 aromatic rings. The summed E-state index contributed by atoms with van der Waals surface area (Å²) >= 11 is 0. The van der Waals surface area contributed by atoms with Gasteiger partial charge in [-0.2, -0.15) is 4.31 Å². The molecule has 5 rings (SSSR count). The summed E-state index contributed by atoms with van der Waals surface area (Å²) < 4.78 is 40.0. The number of hydrogen-bond acceptors (Lipinski definition) is 6. The van der Waals surface area contributed by atoms with Crippen LogP contribution in [-0.2, 0) is 28.7 Å². The van der Waals surface area contributed by atoms with Crippen LogP contribution in [0.25, 0.3) is 0 Å². The SMILES string of the molecule is CCOc1ccc(S(=O)(=O)N(Cc2ccc(C(=O)NC3(c4ccccc4)CC3)c(OC)c2)Cc2ccccn2)cc1. The molecule has 0 bridgehead atoms. The zero-order valence-electron chi connectivity index (χ0n) is 23.1. The van der Waals surface area contributed by atoms with Crippen LogP contribution < -0.4 is 14.8 Å². The summed E-state index contributed by atoms with van der Waals surface area (Å²) in [7, 11) is -2.40. The molecule has 41 heavy (non-hydrogen) atoms. The van der Waals surface area contributed by atoms with Crippen molar-refractivity contribution in [2.75, 3.05) is 13.7 Å². The zero-order chi connectivity index (χ0) is 28.9. The zero-order valence-corrected chi connectivity index (χ0v) is 23.9. The van der Waals surface area contributed by atoms with Crippen LogP contribution in [0.3, 0.4) is 0 Å². The second kappa shape index (κ2) is 12.1. The van der Waals surface area contributed by atoms with E-state index in [2.05, 4.69) is 10.3 Å². The van der Waals surface area contributed by atoms with E-state index in [1.165, 1.54) is 11.4 Å². The number of ether oxygens (including phenoxy) is 2. The normalized spacial score (nSPS) is 13.9. The van der Waals surface area contributed by atoms with E-state index in [0.29, 0.717) is 34.9 Å². The number of carbonyl (C=O) groups excluding carboxylic acids is 1. The van der Waals surface area contributed by atoms with Crippen molar-refractivity contribution in [1.29, 1.82) is 0 Å². The van der Waals surface area contributed by atoms with Crippen LogP contribution in [0, 0.1) is 0 Å². The van der Waals surface area contributed by atoms with Crippen LogP contribution in [0.2, 0.25) is 0 Å². The predicted molar refractivity (Wildman–Crippen MR) is 156 cm³/mol. The van der Waals surface area contributed by atoms with Gasteiger partial charge in [0, 0.05) is 12.7 Å². The number of rotatable bonds is 12. The average Bonchev–Trinajstić information content (AvgIpc) is 3.78. The van der Waals surface area contributed by atoms with Crippen molar-refractivity contribution in [3.63, 3.8) is 0 Å². The highest BCUT2D eigenvalue weighted by molar-refractivity contribution is 7.89. The summed E-state index contributed by atoms with van der Waals surface area (Å²) in [5, 5.41) is 3.18. The van der Waals surface area contributed by atoms with Crippen molar-refractivity contribution < 1.29 is 22.7 Å². The Balaban J connectivity index is 1.40. The molecule has 212 valence electrons. The topological polar surface area (TPSA) is 97.8 Å². The van der Waals surface area contributed by atoms with E-state index < -0.39 is 10.0 Å². The number of pyridine rings is 1. The first-order valence-electron chi connectivity index (χ1n) is 13.5. The second-order valence-corrected chi connectivity index (χ2v) is 11.9. The highest BCUT2D eigenvalue weighted by Crippen LogP contribution is 2.45. The van der Waals surface area contributed by atoms with Gasteiger partial charge in [0.25, 0.3) is 5.91 Å². The minimum absolute atomic E-state index is 0.0539. The van der Waals surface area contributed by atoms with Gasteiger partial charge < -0.3 is 14.8 Å². The molecule has 0 saturated heterocycles. The van der Waals surface area contributed by atoms with E-state index in [1.54, 1.807) is 60.8 Å². The Morgan fingerprint density at radius 3 is 2.32 bits per heavy atom. The number of aromatic nitrogens is 1. The largest absolute Gasteiger partial charge is 0.496 e. The fourth-order valence-electron chi connectivity index (χ4n) is 4.80. The quantitative estimate of drug-likeness (QED) is 0.248. The predicted octanol–water partition coefficient (Wildman–Crippen LogP) is 5.30. The van der Waals surface area contributed by atoms with Gasteiger partial charge >= 0.3 is 0 Å². The van der Waals surface area contributed by atoms with E-state index in [-0.39, 0.29) is 29.4 Å². The Bertz CT molecular complexity index is 1590. The highest BCUT2D eigenvalue weighted by atomic mass is 32.2. The smallest absolute Gasteiger partial charge is 0.255 e. The molecule has 1 N–H and O–H groups in total. The van der Waals surface area contributed by atoms with Crippen LogP contribution >= 0.6 is 0 Å². The Kier molecular flexibility index (Phi) is 8.37. The average molecular weight is 572 g/mol. The molecule has 1 heterocycles. The Morgan fingerprint density at radius 1 is 0.951 bits per heavy atom. The van der Waals surface area contributed by atoms with Crippen molar-refractivity contribution in [3.8, 4) is 11.5 Å². The van der Waals surface area contributed by atoms with E-state index in [4.69, 9.17) is 9.47 Å². The first kappa shape index (κ1) is 28.3. The van der Waals surface area contributed by atoms with Gasteiger partial charge in [0.1, 0.15) is 11.5 Å². The molecule has 1 saturated carbocycles. The Morgan fingerprint density at radius 2 is 1.68 bits per heavy atom. The van der Waals surface area contributed by atoms with Crippen LogP contribution in [0.5, 0.6) is 11.5 Å². The van der Waals surface area contributed by atoms with Crippen molar-refractivity contribution in [2.24, 2.45) is 0 Å². The molecule has 0 radical (unpaired) electrons. The molecule has 0 spiro atoms. The summed E-state index contributed by atoms with van der Waals surface area (Å²) in [6, 6.07) is 26.9. The van der Waals surface area contributed by atoms with E-state index >= 15 is 0 Å². The summed E-state index contributed by atoms with van der Waals surface area (Å²) in [5.41, 5.74) is 2.39. The molecule has 0 aliphatic heterocycles. The van der Waals surface area contributed by atoms with Gasteiger partial charge in [0.2, 0.25) is 10.0 Å². The molecule has 0 unspecified atom stereocenters. The number of benzene rings is 3. The third-order valence-corrected chi connectivity index (χ3v) is 8.94. The second-order valence-electron chi connectivity index (χ2n) is 9.94. The van der Waals surface area contributed by atoms with Crippen LogP contribution in [-0.4, -0.2) is 37.3 Å². The van der Waals surface area contributed by atoms with E-state index in [0.717, 1.165) is 18.4 Å². The van der Waals surface area contributed by atoms with Gasteiger partial charge in [0.05, 0.1) is 42.0 Å². The van der Waals surface area contributed by atoms with Gasteiger partial charge in [-0.1, -0.05) is 42.5 Å². The molecular formula is C32H33N3O5S. The maximum absolute atomic E-state index is 13.8. The first-order chi connectivity index (χ1) is 19.8. The van der Waals surface area contributed by atoms with Crippen molar-refractivity contribution in [1.82, 2.24) is 14.6 Å². The number of nitrogens with zero attached hydrogens (tertiary/aromatic N) is 2. The molecule has 9 heteroatoms. The lowest BCUT2D eigenvalue weighted by Gasteiger charge is -2.23. The van der Waals surface area contributed by atoms with Gasteiger partial charge in [-0.3, -0.25) is 9.78 Å². The molecule has 1 aliphatic rings. The maximum atomic E-state index is 13.8. The fourth-order valence-corrected chi connectivity index (χ4v) is 6.20. The highest BCUT2D eigenvalue weighted by Gasteiger charge is 2.45. The van der Waals surface area contributed by atoms with E-state index in [9.17, 15) is 13.2 Å². The Labute approximate surface area is 241 Å². The molecule has 1 aromatic heterocycles. The van der Waals surface area contributed by atoms with Crippen LogP contribution in [0.1, 0.15) is 46.9 Å². The van der Waals surface area contributed by atoms with E-state index in [1.807, 2.05) is 43.3 Å². The molecular weight excluding hydrogens is 538 g/mol. The number of nitrogens with one attached hydrogen (secondary N) is 1. The fraction of sp³-hybridized carbons (Fsp3) is 0.250. The molecule has 3 aromatic carbocycles. The number of hydrogen-bond donors (Lipinski definition) is 1. The lowest BCUT2D eigenvalue weighted by atomic mass is 10.0. The number of carbonyl (C=O) groups is 1. The molecule has 1 amide bonds. The first-order valence-corrected chi connectivity index (χ1v) is 15.0. The number of methoxy groups -OCH3 is 1. The van der Waals surface area contributed by atoms with Crippen molar-refractivity contribution in [2.45, 2.75) is 43.3 Å². The standard InChI is InChI=1S/C32H33N3O5S/c1-3-40-27-13-15-28(16-14-27)41(37,38)35(23-26-11-7-8-20-33-26)22-24-12-17-29(30(21-24)39-2)31(36)34-32(18-19-32)25-9-5-4-6-10-25/h4-17,20-21H,3,18-19,22-23H2,1-2H3,(H,34,36). The van der Waals surface area contributed by atoms with Gasteiger partial charge in [-0.25, -0.2) is 8.42 Å². The maximum Gasteiger partial charge on any atom is 0.255 e. The monoisotopic (exact) mass is 571 g/mol. The summed E-state index contributed by atoms with van der Waals surface area (Å²) in [6.45, 7) is 2.48. The van der Waals surface area contributed by atoms with Crippen LogP contribution in [0.15, 0.2) is 102 Å². The van der Waals surface area contributed by atoms with Gasteiger partial charge in [0.15, 0.2) is 0 Å². The molecule has 8 nitrogen and oxygen atoms in total. The van der Waals surface area contributed by atoms with Crippen molar-refractivity contribution >= 4 is 15.9 Å². The molecule has 1 aliphatic carbocycles. The summed E-state index contributed by atoms with van der Waals surface area (Å²) in [4.78, 5) is 17.8. The third kappa shape index (κ3) is 6.42. The van der Waals surface area contributed by atoms with Gasteiger partial charge in [-0.05, 0) is 79.4 Å².